The lowest BCUT2D eigenvalue weighted by atomic mass is 9.85. The summed E-state index contributed by atoms with van der Waals surface area (Å²) < 4.78 is 0. The Balaban J connectivity index is 1.58. The average molecular weight is 279 g/mol. The number of nitrogens with one attached hydrogen (secondary N) is 1. The number of allylic oxidation sites excluding steroid dienone is 1. The van der Waals surface area contributed by atoms with E-state index >= 15 is 0 Å². The molecule has 2 heterocycles. The molecule has 4 unspecified atom stereocenters. The van der Waals surface area contributed by atoms with E-state index in [1.807, 2.05) is 4.90 Å². The lowest BCUT2D eigenvalue weighted by Gasteiger charge is -2.38. The van der Waals surface area contributed by atoms with Crippen molar-refractivity contribution in [2.45, 2.75) is 90.1 Å². The van der Waals surface area contributed by atoms with Crippen molar-refractivity contribution in [3.05, 3.63) is 12.7 Å². The van der Waals surface area contributed by atoms with Crippen LogP contribution < -0.4 is 4.90 Å². The van der Waals surface area contributed by atoms with Gasteiger partial charge in [-0.05, 0) is 38.0 Å². The highest BCUT2D eigenvalue weighted by Gasteiger charge is 2.41. The number of piperidine rings is 1. The van der Waals surface area contributed by atoms with Crippen molar-refractivity contribution < 1.29 is 4.90 Å². The van der Waals surface area contributed by atoms with E-state index in [-0.39, 0.29) is 0 Å². The summed E-state index contributed by atoms with van der Waals surface area (Å²) in [7, 11) is 0. The first-order valence-corrected chi connectivity index (χ1v) is 9.20. The van der Waals surface area contributed by atoms with E-state index in [9.17, 15) is 0 Å². The molecule has 0 saturated carbocycles. The summed E-state index contributed by atoms with van der Waals surface area (Å²) in [6, 6.07) is 2.02. The Labute approximate surface area is 126 Å². The second-order valence-electron chi connectivity index (χ2n) is 7.53. The third kappa shape index (κ3) is 4.35. The van der Waals surface area contributed by atoms with Gasteiger partial charge >= 0.3 is 0 Å². The molecule has 0 radical (unpaired) electrons. The van der Waals surface area contributed by atoms with Crippen molar-refractivity contribution in [3.63, 3.8) is 0 Å². The Kier molecular flexibility index (Phi) is 6.61. The molecule has 2 fully saturated rings. The normalized spacial score (nSPS) is 34.7. The van der Waals surface area contributed by atoms with Gasteiger partial charge in [0, 0.05) is 18.8 Å². The molecule has 2 saturated heterocycles. The SMILES string of the molecule is C=C[C@@H](C)CCCCCCC1CCC(C)C2CCC[NH+]12. The molecule has 2 rings (SSSR count). The quantitative estimate of drug-likeness (QED) is 0.506. The number of hydrogen-bond acceptors (Lipinski definition) is 0. The van der Waals surface area contributed by atoms with Gasteiger partial charge in [-0.25, -0.2) is 0 Å². The van der Waals surface area contributed by atoms with E-state index in [4.69, 9.17) is 0 Å². The van der Waals surface area contributed by atoms with Crippen LogP contribution in [0.2, 0.25) is 0 Å². The first-order chi connectivity index (χ1) is 9.72. The molecule has 1 heteroatoms. The minimum Gasteiger partial charge on any atom is -0.330 e. The smallest absolute Gasteiger partial charge is 0.0904 e. The van der Waals surface area contributed by atoms with Crippen molar-refractivity contribution in [2.75, 3.05) is 6.54 Å². The molecular formula is C19H36N+. The van der Waals surface area contributed by atoms with Crippen molar-refractivity contribution in [1.29, 1.82) is 0 Å². The summed E-state index contributed by atoms with van der Waals surface area (Å²) in [6.07, 6.45) is 16.7. The van der Waals surface area contributed by atoms with Gasteiger partial charge in [-0.3, -0.25) is 0 Å². The standard InChI is InChI=1S/C19H35N/c1-4-16(2)10-7-5-6-8-11-18-14-13-17(3)19-12-9-15-20(18)19/h4,16-19H,1,5-15H2,2-3H3/p+1/t16-,17?,18?,19?/m1/s1. The molecule has 2 aliphatic rings. The predicted octanol–water partition coefficient (Wildman–Crippen LogP) is 3.99. The molecule has 0 aliphatic carbocycles. The third-order valence-corrected chi connectivity index (χ3v) is 6.00. The molecule has 0 bridgehead atoms. The molecule has 0 aromatic heterocycles. The number of hydrogen-bond donors (Lipinski definition) is 1. The van der Waals surface area contributed by atoms with Crippen molar-refractivity contribution in [1.82, 2.24) is 0 Å². The molecule has 116 valence electrons. The van der Waals surface area contributed by atoms with E-state index in [2.05, 4.69) is 26.5 Å². The van der Waals surface area contributed by atoms with Gasteiger partial charge in [0.05, 0.1) is 18.6 Å². The van der Waals surface area contributed by atoms with Gasteiger partial charge in [-0.2, -0.15) is 0 Å². The lowest BCUT2D eigenvalue weighted by Crippen LogP contribution is -3.18. The molecule has 1 N–H and O–H groups in total. The lowest BCUT2D eigenvalue weighted by molar-refractivity contribution is -0.947. The summed E-state index contributed by atoms with van der Waals surface area (Å²) in [6.45, 7) is 10.1. The third-order valence-electron chi connectivity index (χ3n) is 6.00. The topological polar surface area (TPSA) is 4.44 Å². The van der Waals surface area contributed by atoms with Gasteiger partial charge in [0.25, 0.3) is 0 Å². The molecule has 0 aromatic rings. The van der Waals surface area contributed by atoms with Crippen molar-refractivity contribution in [2.24, 2.45) is 11.8 Å². The van der Waals surface area contributed by atoms with Gasteiger partial charge in [0.1, 0.15) is 0 Å². The Morgan fingerprint density at radius 3 is 2.75 bits per heavy atom. The first-order valence-electron chi connectivity index (χ1n) is 9.20. The fraction of sp³-hybridized carbons (Fsp3) is 0.895. The highest BCUT2D eigenvalue weighted by atomic mass is 15.2. The largest absolute Gasteiger partial charge is 0.330 e. The second kappa shape index (κ2) is 8.22. The van der Waals surface area contributed by atoms with Crippen LogP contribution in [0, 0.1) is 11.8 Å². The molecule has 0 aromatic carbocycles. The van der Waals surface area contributed by atoms with Crippen molar-refractivity contribution >= 4 is 0 Å². The van der Waals surface area contributed by atoms with Gasteiger partial charge < -0.3 is 4.90 Å². The molecule has 2 aliphatic heterocycles. The van der Waals surface area contributed by atoms with E-state index in [0.717, 1.165) is 18.0 Å². The number of quaternary nitrogens is 1. The first kappa shape index (κ1) is 16.1. The van der Waals surface area contributed by atoms with E-state index in [0.29, 0.717) is 5.92 Å². The molecule has 5 atom stereocenters. The van der Waals surface area contributed by atoms with Gasteiger partial charge in [-0.15, -0.1) is 6.58 Å². The maximum atomic E-state index is 3.87. The van der Waals surface area contributed by atoms with Gasteiger partial charge in [0.2, 0.25) is 0 Å². The molecular weight excluding hydrogens is 242 g/mol. The van der Waals surface area contributed by atoms with E-state index in [1.165, 1.54) is 70.8 Å². The summed E-state index contributed by atoms with van der Waals surface area (Å²) in [5.41, 5.74) is 0. The molecule has 0 amide bonds. The minimum absolute atomic E-state index is 0.713. The zero-order chi connectivity index (χ0) is 14.4. The summed E-state index contributed by atoms with van der Waals surface area (Å²) in [5, 5.41) is 0. The summed E-state index contributed by atoms with van der Waals surface area (Å²) in [5.74, 6) is 1.70. The van der Waals surface area contributed by atoms with Crippen LogP contribution in [-0.4, -0.2) is 18.6 Å². The zero-order valence-corrected chi connectivity index (χ0v) is 13.9. The van der Waals surface area contributed by atoms with Crippen LogP contribution in [0.4, 0.5) is 0 Å². The predicted molar refractivity (Wildman–Crippen MR) is 88.1 cm³/mol. The maximum absolute atomic E-state index is 3.87. The number of unbranched alkanes of at least 4 members (excludes halogenated alkanes) is 3. The molecule has 20 heavy (non-hydrogen) atoms. The van der Waals surface area contributed by atoms with Crippen LogP contribution in [0.25, 0.3) is 0 Å². The Morgan fingerprint density at radius 2 is 1.95 bits per heavy atom. The van der Waals surface area contributed by atoms with E-state index < -0.39 is 0 Å². The van der Waals surface area contributed by atoms with Crippen LogP contribution >= 0.6 is 0 Å². The highest BCUT2D eigenvalue weighted by molar-refractivity contribution is 4.78. The highest BCUT2D eigenvalue weighted by Crippen LogP contribution is 2.24. The van der Waals surface area contributed by atoms with Crippen LogP contribution in [0.5, 0.6) is 0 Å². The van der Waals surface area contributed by atoms with Crippen molar-refractivity contribution in [3.8, 4) is 0 Å². The monoisotopic (exact) mass is 278 g/mol. The summed E-state index contributed by atoms with van der Waals surface area (Å²) >= 11 is 0. The fourth-order valence-corrected chi connectivity index (χ4v) is 4.56. The summed E-state index contributed by atoms with van der Waals surface area (Å²) in [4.78, 5) is 1.99. The zero-order valence-electron chi connectivity index (χ0n) is 13.9. The molecule has 0 spiro atoms. The number of rotatable bonds is 8. The van der Waals surface area contributed by atoms with Crippen LogP contribution in [0.1, 0.15) is 78.1 Å². The van der Waals surface area contributed by atoms with Crippen LogP contribution in [0.15, 0.2) is 12.7 Å². The van der Waals surface area contributed by atoms with Gasteiger partial charge in [-0.1, -0.05) is 39.2 Å². The average Bonchev–Trinajstić information content (AvgIpc) is 2.95. The van der Waals surface area contributed by atoms with E-state index in [1.54, 1.807) is 0 Å². The van der Waals surface area contributed by atoms with Crippen LogP contribution in [-0.2, 0) is 0 Å². The number of fused-ring (bicyclic) bond motifs is 1. The molecule has 1 nitrogen and oxygen atoms in total. The second-order valence-corrected chi connectivity index (χ2v) is 7.53. The van der Waals surface area contributed by atoms with Gasteiger partial charge in [0.15, 0.2) is 0 Å². The Morgan fingerprint density at radius 1 is 1.15 bits per heavy atom. The maximum Gasteiger partial charge on any atom is 0.0904 e. The Bertz CT molecular complexity index is 285. The minimum atomic E-state index is 0.713. The Hall–Kier alpha value is -0.300. The fourth-order valence-electron chi connectivity index (χ4n) is 4.56. The van der Waals surface area contributed by atoms with Crippen LogP contribution in [0.3, 0.4) is 0 Å².